The first-order chi connectivity index (χ1) is 13.3. The van der Waals surface area contributed by atoms with E-state index in [2.05, 4.69) is 0 Å². The second-order valence-corrected chi connectivity index (χ2v) is 7.32. The Morgan fingerprint density at radius 3 is 2.25 bits per heavy atom. The monoisotopic (exact) mass is 393 g/mol. The summed E-state index contributed by atoms with van der Waals surface area (Å²) in [6.07, 6.45) is -3.44. The van der Waals surface area contributed by atoms with E-state index >= 15 is 0 Å². The van der Waals surface area contributed by atoms with Crippen LogP contribution < -0.4 is 0 Å². The second-order valence-electron chi connectivity index (χ2n) is 7.32. The molecule has 1 saturated heterocycles. The molecule has 0 aromatic heterocycles. The maximum Gasteiger partial charge on any atom is 0.416 e. The summed E-state index contributed by atoms with van der Waals surface area (Å²) in [6, 6.07) is 10.9. The van der Waals surface area contributed by atoms with Crippen molar-refractivity contribution in [2.24, 2.45) is 0 Å². The summed E-state index contributed by atoms with van der Waals surface area (Å²) in [7, 11) is 0. The van der Waals surface area contributed by atoms with Gasteiger partial charge in [0.25, 0.3) is 0 Å². The van der Waals surface area contributed by atoms with Gasteiger partial charge in [0.1, 0.15) is 11.9 Å². The molecule has 1 heterocycles. The number of hydrogen-bond acceptors (Lipinski definition) is 2. The summed E-state index contributed by atoms with van der Waals surface area (Å²) in [6.45, 7) is 1.03. The average Bonchev–Trinajstić information content (AvgIpc) is 3.49. The highest BCUT2D eigenvalue weighted by Gasteiger charge is 2.53. The van der Waals surface area contributed by atoms with Crippen molar-refractivity contribution < 1.29 is 27.1 Å². The fraction of sp³-hybridized carbons (Fsp3) is 0.381. The molecule has 1 atom stereocenters. The molecule has 1 aliphatic heterocycles. The lowest BCUT2D eigenvalue weighted by molar-refractivity contribution is -0.141. The third-order valence-electron chi connectivity index (χ3n) is 5.52. The topological polar surface area (TPSA) is 29.5 Å². The summed E-state index contributed by atoms with van der Waals surface area (Å²) >= 11 is 0. The normalized spacial score (nSPS) is 21.4. The van der Waals surface area contributed by atoms with E-state index in [9.17, 15) is 22.4 Å². The SMILES string of the molecule is O=C(N1CCO[C@@H](c2ccc(C(F)(F)F)cc2)C1)C1(c2ccc(F)cc2)CC1. The Bertz CT molecular complexity index is 857. The number of nitrogens with zero attached hydrogens (tertiary/aromatic N) is 1. The van der Waals surface area contributed by atoms with Crippen molar-refractivity contribution in [1.82, 2.24) is 4.90 Å². The third-order valence-corrected chi connectivity index (χ3v) is 5.52. The van der Waals surface area contributed by atoms with Gasteiger partial charge in [0.2, 0.25) is 5.91 Å². The number of ether oxygens (including phenoxy) is 1. The fourth-order valence-electron chi connectivity index (χ4n) is 3.74. The quantitative estimate of drug-likeness (QED) is 0.720. The minimum absolute atomic E-state index is 0.0284. The predicted octanol–water partition coefficient (Wildman–Crippen LogP) is 4.48. The predicted molar refractivity (Wildman–Crippen MR) is 94.0 cm³/mol. The number of hydrogen-bond donors (Lipinski definition) is 0. The molecule has 2 fully saturated rings. The van der Waals surface area contributed by atoms with Gasteiger partial charge in [-0.25, -0.2) is 4.39 Å². The Labute approximate surface area is 159 Å². The van der Waals surface area contributed by atoms with Gasteiger partial charge in [0.05, 0.1) is 24.1 Å². The molecule has 1 saturated carbocycles. The van der Waals surface area contributed by atoms with Gasteiger partial charge in [-0.05, 0) is 48.2 Å². The summed E-state index contributed by atoms with van der Waals surface area (Å²) in [5, 5.41) is 0. The highest BCUT2D eigenvalue weighted by atomic mass is 19.4. The van der Waals surface area contributed by atoms with Crippen molar-refractivity contribution in [2.75, 3.05) is 19.7 Å². The van der Waals surface area contributed by atoms with Gasteiger partial charge in [0, 0.05) is 6.54 Å². The van der Waals surface area contributed by atoms with Crippen molar-refractivity contribution >= 4 is 5.91 Å². The van der Waals surface area contributed by atoms with Crippen LogP contribution in [-0.4, -0.2) is 30.5 Å². The second kappa shape index (κ2) is 6.88. The summed E-state index contributed by atoms with van der Waals surface area (Å²) < 4.78 is 57.1. The largest absolute Gasteiger partial charge is 0.416 e. The van der Waals surface area contributed by atoms with Crippen LogP contribution >= 0.6 is 0 Å². The molecule has 2 aromatic carbocycles. The Kier molecular flexibility index (Phi) is 4.65. The van der Waals surface area contributed by atoms with Gasteiger partial charge >= 0.3 is 6.18 Å². The Balaban J connectivity index is 1.49. The van der Waals surface area contributed by atoms with E-state index in [1.165, 1.54) is 24.3 Å². The Morgan fingerprint density at radius 1 is 1.04 bits per heavy atom. The van der Waals surface area contributed by atoms with Gasteiger partial charge in [-0.15, -0.1) is 0 Å². The summed E-state index contributed by atoms with van der Waals surface area (Å²) in [5.41, 5.74) is 0.0808. The molecule has 0 unspecified atom stereocenters. The molecule has 0 radical (unpaired) electrons. The van der Waals surface area contributed by atoms with Gasteiger partial charge in [-0.2, -0.15) is 13.2 Å². The number of carbonyl (C=O) groups is 1. The van der Waals surface area contributed by atoms with E-state index in [0.29, 0.717) is 31.6 Å². The number of alkyl halides is 3. The van der Waals surface area contributed by atoms with E-state index in [0.717, 1.165) is 17.7 Å². The zero-order valence-corrected chi connectivity index (χ0v) is 15.0. The summed E-state index contributed by atoms with van der Waals surface area (Å²) in [4.78, 5) is 14.9. The van der Waals surface area contributed by atoms with Crippen LogP contribution in [0.3, 0.4) is 0 Å². The van der Waals surface area contributed by atoms with Crippen molar-refractivity contribution in [3.63, 3.8) is 0 Å². The van der Waals surface area contributed by atoms with Crippen LogP contribution in [0.25, 0.3) is 0 Å². The molecule has 3 nitrogen and oxygen atoms in total. The lowest BCUT2D eigenvalue weighted by Gasteiger charge is -2.35. The lowest BCUT2D eigenvalue weighted by Crippen LogP contribution is -2.46. The van der Waals surface area contributed by atoms with Gasteiger partial charge in [-0.3, -0.25) is 4.79 Å². The van der Waals surface area contributed by atoms with Crippen molar-refractivity contribution in [3.05, 3.63) is 71.0 Å². The van der Waals surface area contributed by atoms with E-state index in [-0.39, 0.29) is 18.3 Å². The van der Waals surface area contributed by atoms with Crippen LogP contribution in [0.4, 0.5) is 17.6 Å². The number of amides is 1. The average molecular weight is 393 g/mol. The minimum Gasteiger partial charge on any atom is -0.370 e. The number of morpholine rings is 1. The van der Waals surface area contributed by atoms with Gasteiger partial charge < -0.3 is 9.64 Å². The van der Waals surface area contributed by atoms with Crippen molar-refractivity contribution in [1.29, 1.82) is 0 Å². The third kappa shape index (κ3) is 3.51. The van der Waals surface area contributed by atoms with E-state index in [1.807, 2.05) is 0 Å². The molecule has 2 aromatic rings. The van der Waals surface area contributed by atoms with E-state index in [1.54, 1.807) is 17.0 Å². The first kappa shape index (κ1) is 18.9. The molecule has 28 heavy (non-hydrogen) atoms. The summed E-state index contributed by atoms with van der Waals surface area (Å²) in [5.74, 6) is -0.375. The first-order valence-electron chi connectivity index (χ1n) is 9.14. The van der Waals surface area contributed by atoms with Crippen LogP contribution in [0.15, 0.2) is 48.5 Å². The zero-order chi connectivity index (χ0) is 19.9. The Hall–Kier alpha value is -2.41. The molecule has 148 valence electrons. The van der Waals surface area contributed by atoms with Crippen molar-refractivity contribution in [2.45, 2.75) is 30.5 Å². The van der Waals surface area contributed by atoms with Gasteiger partial charge in [0.15, 0.2) is 0 Å². The molecule has 2 aliphatic rings. The molecular weight excluding hydrogens is 374 g/mol. The maximum atomic E-state index is 13.2. The van der Waals surface area contributed by atoms with Crippen LogP contribution in [-0.2, 0) is 21.1 Å². The van der Waals surface area contributed by atoms with E-state index in [4.69, 9.17) is 4.74 Å². The minimum atomic E-state index is -4.39. The van der Waals surface area contributed by atoms with Crippen molar-refractivity contribution in [3.8, 4) is 0 Å². The van der Waals surface area contributed by atoms with Crippen LogP contribution in [0.1, 0.15) is 35.6 Å². The molecule has 7 heteroatoms. The number of carbonyl (C=O) groups excluding carboxylic acids is 1. The highest BCUT2D eigenvalue weighted by molar-refractivity contribution is 5.91. The molecular formula is C21H19F4NO2. The lowest BCUT2D eigenvalue weighted by atomic mass is 9.93. The fourth-order valence-corrected chi connectivity index (χ4v) is 3.74. The number of halogens is 4. The molecule has 0 N–H and O–H groups in total. The standard InChI is InChI=1S/C21H19F4NO2/c22-17-7-5-15(6-8-17)20(9-10-20)19(27)26-11-12-28-18(13-26)14-1-3-16(4-2-14)21(23,24)25/h1-8,18H,9-13H2/t18-/m1/s1. The molecule has 4 rings (SSSR count). The molecule has 1 aliphatic carbocycles. The molecule has 0 spiro atoms. The highest BCUT2D eigenvalue weighted by Crippen LogP contribution is 2.50. The smallest absolute Gasteiger partial charge is 0.370 e. The number of benzene rings is 2. The molecule has 1 amide bonds. The first-order valence-corrected chi connectivity index (χ1v) is 9.14. The zero-order valence-electron chi connectivity index (χ0n) is 15.0. The van der Waals surface area contributed by atoms with Gasteiger partial charge in [-0.1, -0.05) is 24.3 Å². The van der Waals surface area contributed by atoms with Crippen LogP contribution in [0, 0.1) is 5.82 Å². The van der Waals surface area contributed by atoms with E-state index < -0.39 is 23.3 Å². The number of rotatable bonds is 3. The molecule has 0 bridgehead atoms. The van der Waals surface area contributed by atoms with Crippen LogP contribution in [0.2, 0.25) is 0 Å². The van der Waals surface area contributed by atoms with Crippen LogP contribution in [0.5, 0.6) is 0 Å². The Morgan fingerprint density at radius 2 is 1.68 bits per heavy atom. The maximum absolute atomic E-state index is 13.2.